The van der Waals surface area contributed by atoms with E-state index < -0.39 is 0 Å². The van der Waals surface area contributed by atoms with Crippen LogP contribution in [0.3, 0.4) is 0 Å². The maximum Gasteiger partial charge on any atom is 0.257 e. The van der Waals surface area contributed by atoms with Gasteiger partial charge in [-0.3, -0.25) is 4.79 Å². The lowest BCUT2D eigenvalue weighted by Gasteiger charge is -2.07. The first-order valence-corrected chi connectivity index (χ1v) is 5.83. The third kappa shape index (κ3) is 4.82. The fourth-order valence-corrected chi connectivity index (χ4v) is 1.32. The summed E-state index contributed by atoms with van der Waals surface area (Å²) in [7, 11) is 0. The van der Waals surface area contributed by atoms with Gasteiger partial charge in [0.2, 0.25) is 0 Å². The third-order valence-electron chi connectivity index (χ3n) is 2.08. The van der Waals surface area contributed by atoms with Gasteiger partial charge in [0, 0.05) is 12.1 Å². The van der Waals surface area contributed by atoms with Gasteiger partial charge in [-0.15, -0.1) is 0 Å². The molecule has 0 saturated heterocycles. The van der Waals surface area contributed by atoms with E-state index in [-0.39, 0.29) is 12.5 Å². The van der Waals surface area contributed by atoms with Crippen LogP contribution in [-0.2, 0) is 4.79 Å². The fourth-order valence-electron chi connectivity index (χ4n) is 1.18. The second-order valence-corrected chi connectivity index (χ2v) is 3.97. The predicted octanol–water partition coefficient (Wildman–Crippen LogP) is 1.23. The number of amides is 1. The average Bonchev–Trinajstić information content (AvgIpc) is 2.34. The molecule has 0 spiro atoms. The van der Waals surface area contributed by atoms with Crippen LogP contribution in [0, 0.1) is 0 Å². The summed E-state index contributed by atoms with van der Waals surface area (Å²) in [4.78, 5) is 11.6. The summed E-state index contributed by atoms with van der Waals surface area (Å²) >= 11 is 4.83. The zero-order chi connectivity index (χ0) is 12.7. The first kappa shape index (κ1) is 13.4. The summed E-state index contributed by atoms with van der Waals surface area (Å²) in [6.07, 6.45) is 0.911. The van der Waals surface area contributed by atoms with E-state index in [2.05, 4.69) is 5.32 Å². The van der Waals surface area contributed by atoms with E-state index in [1.807, 2.05) is 6.92 Å². The Morgan fingerprint density at radius 3 is 2.59 bits per heavy atom. The van der Waals surface area contributed by atoms with Crippen LogP contribution in [0.2, 0.25) is 0 Å². The zero-order valence-corrected chi connectivity index (χ0v) is 10.5. The molecule has 0 aliphatic carbocycles. The molecule has 0 bridgehead atoms. The number of carbonyl (C=O) groups excluding carboxylic acids is 1. The van der Waals surface area contributed by atoms with E-state index in [1.165, 1.54) is 0 Å². The summed E-state index contributed by atoms with van der Waals surface area (Å²) in [5.74, 6) is 0.502. The highest BCUT2D eigenvalue weighted by molar-refractivity contribution is 7.80. The highest BCUT2D eigenvalue weighted by atomic mass is 32.1. The van der Waals surface area contributed by atoms with Crippen LogP contribution in [0.5, 0.6) is 5.75 Å². The minimum atomic E-state index is -0.120. The van der Waals surface area contributed by atoms with E-state index in [4.69, 9.17) is 22.7 Å². The topological polar surface area (TPSA) is 64.3 Å². The molecule has 0 aliphatic heterocycles. The molecule has 1 aromatic rings. The Kier molecular flexibility index (Phi) is 5.42. The Morgan fingerprint density at radius 2 is 2.06 bits per heavy atom. The van der Waals surface area contributed by atoms with Crippen LogP contribution >= 0.6 is 12.2 Å². The second kappa shape index (κ2) is 6.85. The molecule has 5 heteroatoms. The largest absolute Gasteiger partial charge is 0.484 e. The van der Waals surface area contributed by atoms with Gasteiger partial charge in [0.25, 0.3) is 5.91 Å². The lowest BCUT2D eigenvalue weighted by molar-refractivity contribution is -0.123. The molecule has 1 amide bonds. The van der Waals surface area contributed by atoms with Crippen molar-refractivity contribution < 1.29 is 9.53 Å². The number of hydrogen-bond donors (Lipinski definition) is 2. The van der Waals surface area contributed by atoms with Gasteiger partial charge in [0.1, 0.15) is 10.7 Å². The molecule has 0 aliphatic rings. The second-order valence-electron chi connectivity index (χ2n) is 3.53. The monoisotopic (exact) mass is 252 g/mol. The molecular formula is C12H16N2O2S. The first-order valence-electron chi connectivity index (χ1n) is 5.43. The molecule has 0 atom stereocenters. The standard InChI is InChI=1S/C12H16N2O2S/c1-2-7-14-11(15)8-16-10-5-3-9(4-6-10)12(13)17/h3-6H,2,7-8H2,1H3,(H2,13,17)(H,14,15). The highest BCUT2D eigenvalue weighted by Crippen LogP contribution is 2.11. The van der Waals surface area contributed by atoms with Crippen LogP contribution in [0.1, 0.15) is 18.9 Å². The van der Waals surface area contributed by atoms with Crippen molar-refractivity contribution in [2.75, 3.05) is 13.2 Å². The minimum Gasteiger partial charge on any atom is -0.484 e. The molecule has 0 fully saturated rings. The van der Waals surface area contributed by atoms with Crippen LogP contribution < -0.4 is 15.8 Å². The van der Waals surface area contributed by atoms with Gasteiger partial charge in [-0.05, 0) is 30.7 Å². The molecule has 0 unspecified atom stereocenters. The number of rotatable bonds is 6. The molecule has 0 radical (unpaired) electrons. The van der Waals surface area contributed by atoms with Crippen molar-refractivity contribution in [1.82, 2.24) is 5.32 Å². The Hall–Kier alpha value is -1.62. The van der Waals surface area contributed by atoms with Crippen LogP contribution in [-0.4, -0.2) is 24.0 Å². The van der Waals surface area contributed by atoms with E-state index in [1.54, 1.807) is 24.3 Å². The number of benzene rings is 1. The Bertz CT molecular complexity index is 390. The maximum atomic E-state index is 11.3. The van der Waals surface area contributed by atoms with Gasteiger partial charge in [-0.1, -0.05) is 19.1 Å². The number of nitrogens with two attached hydrogens (primary N) is 1. The van der Waals surface area contributed by atoms with Gasteiger partial charge >= 0.3 is 0 Å². The Balaban J connectivity index is 2.42. The highest BCUT2D eigenvalue weighted by Gasteiger charge is 2.02. The van der Waals surface area contributed by atoms with Crippen LogP contribution in [0.4, 0.5) is 0 Å². The number of carbonyl (C=O) groups is 1. The number of thiocarbonyl (C=S) groups is 1. The van der Waals surface area contributed by atoms with Crippen molar-refractivity contribution in [2.45, 2.75) is 13.3 Å². The molecular weight excluding hydrogens is 236 g/mol. The summed E-state index contributed by atoms with van der Waals surface area (Å²) in [5.41, 5.74) is 6.25. The molecule has 1 aromatic carbocycles. The van der Waals surface area contributed by atoms with Crippen LogP contribution in [0.15, 0.2) is 24.3 Å². The Morgan fingerprint density at radius 1 is 1.41 bits per heavy atom. The maximum absolute atomic E-state index is 11.3. The Labute approximate surface area is 106 Å². The molecule has 92 valence electrons. The van der Waals surface area contributed by atoms with Crippen molar-refractivity contribution in [2.24, 2.45) is 5.73 Å². The van der Waals surface area contributed by atoms with Crippen molar-refractivity contribution in [1.29, 1.82) is 0 Å². The minimum absolute atomic E-state index is 0.0203. The van der Waals surface area contributed by atoms with Gasteiger partial charge in [-0.2, -0.15) is 0 Å². The molecule has 4 nitrogen and oxygen atoms in total. The van der Waals surface area contributed by atoms with Gasteiger partial charge in [0.05, 0.1) is 0 Å². The van der Waals surface area contributed by atoms with E-state index in [0.717, 1.165) is 12.0 Å². The number of nitrogens with one attached hydrogen (secondary N) is 1. The lowest BCUT2D eigenvalue weighted by atomic mass is 10.2. The van der Waals surface area contributed by atoms with E-state index in [9.17, 15) is 4.79 Å². The SMILES string of the molecule is CCCNC(=O)COc1ccc(C(N)=S)cc1. The molecule has 17 heavy (non-hydrogen) atoms. The molecule has 0 aromatic heterocycles. The zero-order valence-electron chi connectivity index (χ0n) is 9.73. The van der Waals surface area contributed by atoms with Crippen LogP contribution in [0.25, 0.3) is 0 Å². The lowest BCUT2D eigenvalue weighted by Crippen LogP contribution is -2.29. The normalized spacial score (nSPS) is 9.71. The summed E-state index contributed by atoms with van der Waals surface area (Å²) in [6, 6.07) is 7.01. The van der Waals surface area contributed by atoms with E-state index in [0.29, 0.717) is 17.3 Å². The number of hydrogen-bond acceptors (Lipinski definition) is 3. The molecule has 0 heterocycles. The van der Waals surface area contributed by atoms with E-state index >= 15 is 0 Å². The quantitative estimate of drug-likeness (QED) is 0.747. The number of ether oxygens (including phenoxy) is 1. The molecule has 3 N–H and O–H groups in total. The van der Waals surface area contributed by atoms with Crippen molar-refractivity contribution in [3.05, 3.63) is 29.8 Å². The van der Waals surface area contributed by atoms with Gasteiger partial charge in [0.15, 0.2) is 6.61 Å². The van der Waals surface area contributed by atoms with Crippen molar-refractivity contribution in [3.63, 3.8) is 0 Å². The average molecular weight is 252 g/mol. The third-order valence-corrected chi connectivity index (χ3v) is 2.32. The summed E-state index contributed by atoms with van der Waals surface area (Å²) in [6.45, 7) is 2.69. The van der Waals surface area contributed by atoms with Crippen molar-refractivity contribution >= 4 is 23.1 Å². The fraction of sp³-hybridized carbons (Fsp3) is 0.333. The van der Waals surface area contributed by atoms with Gasteiger partial charge in [-0.25, -0.2) is 0 Å². The first-order chi connectivity index (χ1) is 8.13. The smallest absolute Gasteiger partial charge is 0.257 e. The summed E-state index contributed by atoms with van der Waals surface area (Å²) in [5, 5.41) is 2.73. The van der Waals surface area contributed by atoms with Gasteiger partial charge < -0.3 is 15.8 Å². The molecule has 1 rings (SSSR count). The molecule has 0 saturated carbocycles. The predicted molar refractivity (Wildman–Crippen MR) is 71.1 cm³/mol. The summed E-state index contributed by atoms with van der Waals surface area (Å²) < 4.78 is 5.30. The van der Waals surface area contributed by atoms with Crippen molar-refractivity contribution in [3.8, 4) is 5.75 Å².